The SMILES string of the molecule is O=[As](O)(O)O.c1ccccc1. The van der Waals surface area contributed by atoms with Crippen LogP contribution >= 0.6 is 0 Å². The van der Waals surface area contributed by atoms with Gasteiger partial charge in [-0.15, -0.1) is 0 Å². The summed E-state index contributed by atoms with van der Waals surface area (Å²) >= 11 is -5.12. The van der Waals surface area contributed by atoms with Gasteiger partial charge in [0, 0.05) is 0 Å². The third-order valence-electron chi connectivity index (χ3n) is 0.667. The van der Waals surface area contributed by atoms with Crippen LogP contribution in [0.1, 0.15) is 0 Å². The summed E-state index contributed by atoms with van der Waals surface area (Å²) in [6, 6.07) is 12.0. The molecule has 0 unspecified atom stereocenters. The molecule has 1 aromatic carbocycles. The molecule has 0 heterocycles. The summed E-state index contributed by atoms with van der Waals surface area (Å²) in [5.74, 6) is 0. The standard InChI is InChI=1S/C6H6.AsH3O4/c1-2-4-6-5-3-1;2-1(3,4)5/h1-6H;(H3,2,3,4,5). The smallest absolute Gasteiger partial charge is 0.0623 e. The molecule has 3 N–H and O–H groups in total. The largest absolute Gasteiger partial charge is 0.0623 e. The third kappa shape index (κ3) is 17.7. The Morgan fingerprint density at radius 2 is 0.818 bits per heavy atom. The van der Waals surface area contributed by atoms with Gasteiger partial charge in [0.25, 0.3) is 0 Å². The minimum Gasteiger partial charge on any atom is -0.0623 e. The Labute approximate surface area is 67.5 Å². The maximum Gasteiger partial charge on any atom is -0.0623 e. The van der Waals surface area contributed by atoms with Gasteiger partial charge in [0.15, 0.2) is 0 Å². The minimum atomic E-state index is -5.12. The van der Waals surface area contributed by atoms with Crippen molar-refractivity contribution in [3.05, 3.63) is 36.4 Å². The van der Waals surface area contributed by atoms with Crippen LogP contribution in [-0.2, 0) is 3.74 Å². The Hall–Kier alpha value is -0.542. The molecule has 1 aromatic rings. The quantitative estimate of drug-likeness (QED) is 0.516. The molecule has 0 aromatic heterocycles. The van der Waals surface area contributed by atoms with Gasteiger partial charge in [0.1, 0.15) is 0 Å². The van der Waals surface area contributed by atoms with Gasteiger partial charge in [-0.3, -0.25) is 0 Å². The summed E-state index contributed by atoms with van der Waals surface area (Å²) in [4.78, 5) is 0. The molecule has 0 saturated heterocycles. The first-order chi connectivity index (χ1) is 5.00. The van der Waals surface area contributed by atoms with Crippen LogP contribution in [0.3, 0.4) is 0 Å². The van der Waals surface area contributed by atoms with Crippen molar-refractivity contribution >= 4 is 14.5 Å². The van der Waals surface area contributed by atoms with Gasteiger partial charge >= 0.3 is 30.5 Å². The van der Waals surface area contributed by atoms with Gasteiger partial charge in [-0.25, -0.2) is 0 Å². The topological polar surface area (TPSA) is 77.8 Å². The van der Waals surface area contributed by atoms with E-state index in [4.69, 9.17) is 16.0 Å². The van der Waals surface area contributed by atoms with Crippen LogP contribution < -0.4 is 0 Å². The molecule has 0 aliphatic heterocycles. The van der Waals surface area contributed by atoms with E-state index in [9.17, 15) is 0 Å². The van der Waals surface area contributed by atoms with E-state index >= 15 is 0 Å². The molecule has 0 spiro atoms. The van der Waals surface area contributed by atoms with Gasteiger partial charge in [0.05, 0.1) is 0 Å². The summed E-state index contributed by atoms with van der Waals surface area (Å²) in [6.45, 7) is 0. The van der Waals surface area contributed by atoms with E-state index in [1.807, 2.05) is 36.4 Å². The summed E-state index contributed by atoms with van der Waals surface area (Å²) in [6.07, 6.45) is 0. The van der Waals surface area contributed by atoms with Crippen LogP contribution in [0.5, 0.6) is 0 Å². The molecule has 11 heavy (non-hydrogen) atoms. The van der Waals surface area contributed by atoms with E-state index in [-0.39, 0.29) is 0 Å². The predicted octanol–water partition coefficient (Wildman–Crippen LogP) is -0.484. The number of hydrogen-bond donors (Lipinski definition) is 3. The van der Waals surface area contributed by atoms with E-state index in [0.717, 1.165) is 0 Å². The van der Waals surface area contributed by atoms with Crippen molar-refractivity contribution in [2.75, 3.05) is 0 Å². The van der Waals surface area contributed by atoms with Crippen molar-refractivity contribution in [3.8, 4) is 0 Å². The van der Waals surface area contributed by atoms with E-state index < -0.39 is 14.5 Å². The maximum atomic E-state index is 8.94. The molecule has 4 nitrogen and oxygen atoms in total. The van der Waals surface area contributed by atoms with E-state index in [1.54, 1.807) is 0 Å². The van der Waals surface area contributed by atoms with Crippen LogP contribution in [0.15, 0.2) is 36.4 Å². The first-order valence-corrected chi connectivity index (χ1v) is 6.07. The fourth-order valence-electron chi connectivity index (χ4n) is 0.385. The molecule has 0 saturated carbocycles. The van der Waals surface area contributed by atoms with Crippen molar-refractivity contribution in [2.45, 2.75) is 0 Å². The van der Waals surface area contributed by atoms with Gasteiger partial charge in [0.2, 0.25) is 0 Å². The van der Waals surface area contributed by atoms with Crippen LogP contribution in [0.25, 0.3) is 0 Å². The average molecular weight is 220 g/mol. The van der Waals surface area contributed by atoms with Gasteiger partial charge in [-0.2, -0.15) is 0 Å². The van der Waals surface area contributed by atoms with Crippen molar-refractivity contribution in [2.24, 2.45) is 0 Å². The Morgan fingerprint density at radius 1 is 0.727 bits per heavy atom. The zero-order valence-corrected chi connectivity index (χ0v) is 7.54. The fourth-order valence-corrected chi connectivity index (χ4v) is 0.385. The molecule has 0 radical (unpaired) electrons. The fraction of sp³-hybridized carbons (Fsp3) is 0. The molecule has 0 atom stereocenters. The molecule has 0 bridgehead atoms. The van der Waals surface area contributed by atoms with Crippen molar-refractivity contribution < 1.29 is 16.0 Å². The second-order valence-corrected chi connectivity index (χ2v) is 3.82. The minimum absolute atomic E-state index is 2.00. The summed E-state index contributed by atoms with van der Waals surface area (Å²) < 4.78 is 30.7. The van der Waals surface area contributed by atoms with E-state index in [2.05, 4.69) is 0 Å². The maximum absolute atomic E-state index is 8.94. The summed E-state index contributed by atoms with van der Waals surface area (Å²) in [7, 11) is 0. The van der Waals surface area contributed by atoms with Crippen LogP contribution in [0, 0.1) is 0 Å². The summed E-state index contributed by atoms with van der Waals surface area (Å²) in [5, 5.41) is 0. The van der Waals surface area contributed by atoms with Crippen LogP contribution in [-0.4, -0.2) is 26.8 Å². The zero-order valence-electron chi connectivity index (χ0n) is 5.66. The first kappa shape index (κ1) is 10.5. The van der Waals surface area contributed by atoms with Gasteiger partial charge < -0.3 is 0 Å². The molecule has 5 heteroatoms. The molecular weight excluding hydrogens is 211 g/mol. The number of hydrogen-bond acceptors (Lipinski definition) is 1. The second-order valence-electron chi connectivity index (χ2n) is 1.67. The number of rotatable bonds is 0. The van der Waals surface area contributed by atoms with Crippen molar-refractivity contribution in [1.29, 1.82) is 0 Å². The van der Waals surface area contributed by atoms with Crippen molar-refractivity contribution in [3.63, 3.8) is 0 Å². The Balaban J connectivity index is 0.000000187. The molecule has 62 valence electrons. The van der Waals surface area contributed by atoms with E-state index in [1.165, 1.54) is 0 Å². The Kier molecular flexibility index (Phi) is 4.90. The normalized spacial score (nSPS) is 9.73. The second kappa shape index (κ2) is 5.15. The first-order valence-electron chi connectivity index (χ1n) is 2.78. The molecule has 1 rings (SSSR count). The average Bonchev–Trinajstić information content (AvgIpc) is 1.88. The molecule has 0 amide bonds. The van der Waals surface area contributed by atoms with Crippen LogP contribution in [0.4, 0.5) is 0 Å². The molecule has 0 fully saturated rings. The van der Waals surface area contributed by atoms with Crippen LogP contribution in [0.2, 0.25) is 0 Å². The van der Waals surface area contributed by atoms with E-state index in [0.29, 0.717) is 0 Å². The predicted molar refractivity (Wildman–Crippen MR) is 39.5 cm³/mol. The van der Waals surface area contributed by atoms with Gasteiger partial charge in [-0.05, 0) is 0 Å². The monoisotopic (exact) mass is 220 g/mol. The Morgan fingerprint density at radius 3 is 0.909 bits per heavy atom. The molecule has 0 aliphatic rings. The van der Waals surface area contributed by atoms with Crippen molar-refractivity contribution in [1.82, 2.24) is 0 Å². The number of benzene rings is 1. The third-order valence-corrected chi connectivity index (χ3v) is 0.667. The zero-order chi connectivity index (χ0) is 8.74. The molecule has 0 aliphatic carbocycles. The molecular formula is C6H9AsO4. The Bertz CT molecular complexity index is 182. The van der Waals surface area contributed by atoms with Gasteiger partial charge in [-0.1, -0.05) is 36.4 Å². The summed E-state index contributed by atoms with van der Waals surface area (Å²) in [5.41, 5.74) is 0.